The maximum absolute atomic E-state index is 5.13. The first-order chi connectivity index (χ1) is 8.88. The molecule has 0 aliphatic carbocycles. The molecule has 2 aromatic rings. The van der Waals surface area contributed by atoms with Crippen molar-refractivity contribution in [1.82, 2.24) is 5.32 Å². The zero-order chi connectivity index (χ0) is 12.6. The molecule has 1 N–H and O–H groups in total. The lowest BCUT2D eigenvalue weighted by molar-refractivity contribution is 0.414. The van der Waals surface area contributed by atoms with Crippen LogP contribution in [0.25, 0.3) is 0 Å². The summed E-state index contributed by atoms with van der Waals surface area (Å²) in [6.45, 7) is 2.00. The van der Waals surface area contributed by atoms with Crippen molar-refractivity contribution in [3.8, 4) is 5.75 Å². The molecule has 0 bridgehead atoms. The van der Waals surface area contributed by atoms with Crippen molar-refractivity contribution in [3.05, 3.63) is 46.7 Å². The van der Waals surface area contributed by atoms with Gasteiger partial charge < -0.3 is 10.1 Å². The van der Waals surface area contributed by atoms with Crippen LogP contribution >= 0.6 is 23.1 Å². The highest BCUT2D eigenvalue weighted by molar-refractivity contribution is 7.99. The Labute approximate surface area is 116 Å². The lowest BCUT2D eigenvalue weighted by Gasteiger charge is -2.04. The number of thiophene rings is 1. The fourth-order valence-corrected chi connectivity index (χ4v) is 3.02. The van der Waals surface area contributed by atoms with Crippen LogP contribution in [0.2, 0.25) is 0 Å². The van der Waals surface area contributed by atoms with Crippen LogP contribution in [-0.2, 0) is 6.54 Å². The van der Waals surface area contributed by atoms with Crippen molar-refractivity contribution in [1.29, 1.82) is 0 Å². The second-order valence-corrected chi connectivity index (χ2v) is 5.98. The molecule has 0 saturated heterocycles. The van der Waals surface area contributed by atoms with E-state index in [-0.39, 0.29) is 0 Å². The first kappa shape index (κ1) is 13.5. The van der Waals surface area contributed by atoms with Gasteiger partial charge >= 0.3 is 0 Å². The second kappa shape index (κ2) is 7.46. The summed E-state index contributed by atoms with van der Waals surface area (Å²) in [4.78, 5) is 2.68. The van der Waals surface area contributed by atoms with E-state index in [1.165, 1.54) is 9.77 Å². The average molecular weight is 279 g/mol. The number of nitrogens with one attached hydrogen (secondary N) is 1. The molecular weight excluding hydrogens is 262 g/mol. The summed E-state index contributed by atoms with van der Waals surface area (Å²) in [5.74, 6) is 1.99. The fourth-order valence-electron chi connectivity index (χ4n) is 1.54. The van der Waals surface area contributed by atoms with E-state index in [1.807, 2.05) is 23.9 Å². The largest absolute Gasteiger partial charge is 0.497 e. The van der Waals surface area contributed by atoms with E-state index in [4.69, 9.17) is 4.74 Å². The highest BCUT2D eigenvalue weighted by atomic mass is 32.2. The van der Waals surface area contributed by atoms with Gasteiger partial charge in [0.25, 0.3) is 0 Å². The number of methoxy groups -OCH3 is 1. The summed E-state index contributed by atoms with van der Waals surface area (Å²) in [7, 11) is 1.69. The molecule has 96 valence electrons. The number of hydrogen-bond donors (Lipinski definition) is 1. The summed E-state index contributed by atoms with van der Waals surface area (Å²) >= 11 is 3.66. The molecule has 1 aromatic carbocycles. The molecule has 1 heterocycles. The van der Waals surface area contributed by atoms with Gasteiger partial charge in [0.05, 0.1) is 7.11 Å². The molecule has 2 rings (SSSR count). The van der Waals surface area contributed by atoms with Gasteiger partial charge in [-0.3, -0.25) is 0 Å². The summed E-state index contributed by atoms with van der Waals surface area (Å²) in [5.41, 5.74) is 0. The standard InChI is InChI=1S/C14H17NOS2/c1-16-12-4-6-13(7-5-12)18-10-8-15-11-14-3-2-9-17-14/h2-7,9,15H,8,10-11H2,1H3. The van der Waals surface area contributed by atoms with Gasteiger partial charge in [0.1, 0.15) is 5.75 Å². The second-order valence-electron chi connectivity index (χ2n) is 3.78. The van der Waals surface area contributed by atoms with Gasteiger partial charge in [-0.05, 0) is 35.7 Å². The molecule has 0 amide bonds. The predicted molar refractivity (Wildman–Crippen MR) is 79.7 cm³/mol. The average Bonchev–Trinajstić information content (AvgIpc) is 2.92. The zero-order valence-electron chi connectivity index (χ0n) is 10.4. The number of hydrogen-bond acceptors (Lipinski definition) is 4. The molecule has 0 fully saturated rings. The van der Waals surface area contributed by atoms with Crippen LogP contribution in [0.4, 0.5) is 0 Å². The van der Waals surface area contributed by atoms with Crippen molar-refractivity contribution in [2.75, 3.05) is 19.4 Å². The minimum Gasteiger partial charge on any atom is -0.497 e. The highest BCUT2D eigenvalue weighted by Crippen LogP contribution is 2.20. The van der Waals surface area contributed by atoms with E-state index >= 15 is 0 Å². The normalized spacial score (nSPS) is 10.5. The third kappa shape index (κ3) is 4.37. The highest BCUT2D eigenvalue weighted by Gasteiger charge is 1.96. The maximum atomic E-state index is 5.13. The Kier molecular flexibility index (Phi) is 5.58. The topological polar surface area (TPSA) is 21.3 Å². The molecule has 0 spiro atoms. The summed E-state index contributed by atoms with van der Waals surface area (Å²) in [5, 5.41) is 5.56. The molecule has 0 aliphatic heterocycles. The first-order valence-electron chi connectivity index (χ1n) is 5.88. The quantitative estimate of drug-likeness (QED) is 0.617. The molecule has 0 aliphatic rings. The van der Waals surface area contributed by atoms with Crippen LogP contribution in [-0.4, -0.2) is 19.4 Å². The monoisotopic (exact) mass is 279 g/mol. The van der Waals surface area contributed by atoms with Crippen LogP contribution in [0.5, 0.6) is 5.75 Å². The Morgan fingerprint density at radius 3 is 2.72 bits per heavy atom. The minimum absolute atomic E-state index is 0.912. The van der Waals surface area contributed by atoms with E-state index in [1.54, 1.807) is 18.4 Å². The van der Waals surface area contributed by atoms with Gasteiger partial charge in [0, 0.05) is 28.6 Å². The third-order valence-electron chi connectivity index (χ3n) is 2.49. The van der Waals surface area contributed by atoms with Crippen LogP contribution in [0, 0.1) is 0 Å². The van der Waals surface area contributed by atoms with E-state index < -0.39 is 0 Å². The van der Waals surface area contributed by atoms with Gasteiger partial charge in [0.15, 0.2) is 0 Å². The lowest BCUT2D eigenvalue weighted by atomic mass is 10.3. The molecule has 0 saturated carbocycles. The minimum atomic E-state index is 0.912. The summed E-state index contributed by atoms with van der Waals surface area (Å²) in [6.07, 6.45) is 0. The van der Waals surface area contributed by atoms with Crippen molar-refractivity contribution in [3.63, 3.8) is 0 Å². The zero-order valence-corrected chi connectivity index (χ0v) is 12.0. The van der Waals surface area contributed by atoms with Crippen LogP contribution in [0.15, 0.2) is 46.7 Å². The van der Waals surface area contributed by atoms with Gasteiger partial charge in [-0.1, -0.05) is 6.07 Å². The smallest absolute Gasteiger partial charge is 0.118 e. The Balaban J connectivity index is 1.62. The number of ether oxygens (including phenoxy) is 1. The molecule has 0 radical (unpaired) electrons. The predicted octanol–water partition coefficient (Wildman–Crippen LogP) is 3.64. The molecule has 0 unspecified atom stereocenters. The maximum Gasteiger partial charge on any atom is 0.118 e. The molecule has 2 nitrogen and oxygen atoms in total. The van der Waals surface area contributed by atoms with Gasteiger partial charge in [-0.2, -0.15) is 0 Å². The lowest BCUT2D eigenvalue weighted by Crippen LogP contribution is -2.15. The van der Waals surface area contributed by atoms with Crippen molar-refractivity contribution >= 4 is 23.1 Å². The van der Waals surface area contributed by atoms with Gasteiger partial charge in [0.2, 0.25) is 0 Å². The number of thioether (sulfide) groups is 1. The van der Waals surface area contributed by atoms with E-state index in [2.05, 4.69) is 35.0 Å². The Bertz CT molecular complexity index is 439. The van der Waals surface area contributed by atoms with Gasteiger partial charge in [-0.25, -0.2) is 0 Å². The molecule has 4 heteroatoms. The van der Waals surface area contributed by atoms with E-state index in [9.17, 15) is 0 Å². The fraction of sp³-hybridized carbons (Fsp3) is 0.286. The summed E-state index contributed by atoms with van der Waals surface area (Å²) in [6, 6.07) is 12.5. The molecular formula is C14H17NOS2. The van der Waals surface area contributed by atoms with E-state index in [0.717, 1.165) is 24.6 Å². The van der Waals surface area contributed by atoms with E-state index in [0.29, 0.717) is 0 Å². The van der Waals surface area contributed by atoms with Crippen LogP contribution < -0.4 is 10.1 Å². The Hall–Kier alpha value is -0.970. The van der Waals surface area contributed by atoms with Gasteiger partial charge in [-0.15, -0.1) is 23.1 Å². The Morgan fingerprint density at radius 1 is 1.22 bits per heavy atom. The molecule has 18 heavy (non-hydrogen) atoms. The first-order valence-corrected chi connectivity index (χ1v) is 7.75. The number of benzene rings is 1. The van der Waals surface area contributed by atoms with Crippen molar-refractivity contribution in [2.24, 2.45) is 0 Å². The van der Waals surface area contributed by atoms with Crippen LogP contribution in [0.1, 0.15) is 4.88 Å². The molecule has 0 atom stereocenters. The SMILES string of the molecule is COc1ccc(SCCNCc2cccs2)cc1. The van der Waals surface area contributed by atoms with Crippen molar-refractivity contribution in [2.45, 2.75) is 11.4 Å². The number of rotatable bonds is 7. The third-order valence-corrected chi connectivity index (χ3v) is 4.38. The Morgan fingerprint density at radius 2 is 2.06 bits per heavy atom. The molecule has 1 aromatic heterocycles. The van der Waals surface area contributed by atoms with Crippen LogP contribution in [0.3, 0.4) is 0 Å². The van der Waals surface area contributed by atoms with Crippen molar-refractivity contribution < 1.29 is 4.74 Å². The summed E-state index contributed by atoms with van der Waals surface area (Å²) < 4.78 is 5.13.